The molecule has 0 aromatic carbocycles. The lowest BCUT2D eigenvalue weighted by atomic mass is 9.66. The SMILES string of the molecule is CO[C@H]1CCN(C(=O)C2CCN(C3C(NC(=O)c4c(N)nn5cc(F)cnc45)CNCC34CCCCCCCCC4)CC2)C1. The fourth-order valence-corrected chi connectivity index (χ4v) is 8.52. The first-order valence-corrected chi connectivity index (χ1v) is 16.7. The zero-order chi connectivity index (χ0) is 30.7. The van der Waals surface area contributed by atoms with E-state index >= 15 is 0 Å². The van der Waals surface area contributed by atoms with Gasteiger partial charge in [0, 0.05) is 50.7 Å². The van der Waals surface area contributed by atoms with Gasteiger partial charge in [0.25, 0.3) is 5.91 Å². The maximum atomic E-state index is 13.9. The number of anilines is 1. The molecule has 12 heteroatoms. The van der Waals surface area contributed by atoms with Crippen molar-refractivity contribution in [2.45, 2.75) is 95.2 Å². The number of nitrogens with zero attached hydrogens (tertiary/aromatic N) is 5. The summed E-state index contributed by atoms with van der Waals surface area (Å²) in [5, 5.41) is 11.2. The predicted molar refractivity (Wildman–Crippen MR) is 166 cm³/mol. The average Bonchev–Trinajstić information content (AvgIpc) is 3.64. The lowest BCUT2D eigenvalue weighted by Crippen LogP contribution is -2.69. The van der Waals surface area contributed by atoms with E-state index in [0.717, 1.165) is 64.5 Å². The Morgan fingerprint density at radius 3 is 2.45 bits per heavy atom. The predicted octanol–water partition coefficient (Wildman–Crippen LogP) is 2.99. The third kappa shape index (κ3) is 6.44. The van der Waals surface area contributed by atoms with E-state index < -0.39 is 5.82 Å². The first-order chi connectivity index (χ1) is 21.4. The molecule has 3 atom stereocenters. The number of likely N-dealkylation sites (tertiary alicyclic amines) is 2. The number of rotatable bonds is 5. The fraction of sp³-hybridized carbons (Fsp3) is 0.750. The second-order valence-corrected chi connectivity index (χ2v) is 13.5. The summed E-state index contributed by atoms with van der Waals surface area (Å²) in [7, 11) is 1.72. The number of amides is 2. The lowest BCUT2D eigenvalue weighted by Gasteiger charge is -2.55. The van der Waals surface area contributed by atoms with Gasteiger partial charge in [-0.2, -0.15) is 0 Å². The maximum Gasteiger partial charge on any atom is 0.259 e. The van der Waals surface area contributed by atoms with Crippen molar-refractivity contribution >= 4 is 23.3 Å². The van der Waals surface area contributed by atoms with Gasteiger partial charge in [-0.15, -0.1) is 5.10 Å². The topological polar surface area (TPSA) is 130 Å². The van der Waals surface area contributed by atoms with Crippen LogP contribution < -0.4 is 16.4 Å². The van der Waals surface area contributed by atoms with Crippen LogP contribution in [0.25, 0.3) is 5.65 Å². The molecule has 3 saturated heterocycles. The molecule has 0 bridgehead atoms. The summed E-state index contributed by atoms with van der Waals surface area (Å²) < 4.78 is 20.6. The molecule has 11 nitrogen and oxygen atoms in total. The minimum atomic E-state index is -0.549. The number of ether oxygens (including phenoxy) is 1. The molecule has 242 valence electrons. The standard InChI is InChI=1S/C32H49FN8O3/c1-44-24-11-16-40(20-24)31(43)22-9-14-39(15-10-22)27-25(18-35-21-32(27)12-7-5-3-2-4-6-8-13-32)37-30(42)26-28(34)38-41-19-23(33)17-36-29(26)41/h17,19,22,24-25,27,35H,2-16,18,20-21H2,1H3,(H2,34,38)(H,37,42)/t24-,25?,27?/m0/s1. The van der Waals surface area contributed by atoms with Gasteiger partial charge in [0.05, 0.1) is 24.5 Å². The smallest absolute Gasteiger partial charge is 0.259 e. The van der Waals surface area contributed by atoms with Crippen molar-refractivity contribution in [2.24, 2.45) is 11.3 Å². The molecule has 2 aromatic rings. The molecule has 1 spiro atoms. The third-order valence-corrected chi connectivity index (χ3v) is 10.8. The molecule has 4 fully saturated rings. The molecule has 2 aromatic heterocycles. The van der Waals surface area contributed by atoms with E-state index in [1.54, 1.807) is 7.11 Å². The molecule has 1 aliphatic carbocycles. The Hall–Kier alpha value is -2.83. The number of nitrogen functional groups attached to an aromatic ring is 1. The van der Waals surface area contributed by atoms with E-state index in [2.05, 4.69) is 25.6 Å². The normalized spacial score (nSPS) is 27.5. The number of fused-ring (bicyclic) bond motifs is 1. The summed E-state index contributed by atoms with van der Waals surface area (Å²) in [6.45, 7) is 4.69. The van der Waals surface area contributed by atoms with Gasteiger partial charge in [-0.3, -0.25) is 14.5 Å². The van der Waals surface area contributed by atoms with Gasteiger partial charge in [0.2, 0.25) is 5.91 Å². The van der Waals surface area contributed by atoms with Crippen LogP contribution in [0.3, 0.4) is 0 Å². The zero-order valence-electron chi connectivity index (χ0n) is 26.1. The summed E-state index contributed by atoms with van der Waals surface area (Å²) >= 11 is 0. The fourth-order valence-electron chi connectivity index (χ4n) is 8.52. The Morgan fingerprint density at radius 1 is 1.07 bits per heavy atom. The summed E-state index contributed by atoms with van der Waals surface area (Å²) in [6, 6.07) is -0.0383. The highest BCUT2D eigenvalue weighted by molar-refractivity contribution is 6.04. The second kappa shape index (κ2) is 13.7. The summed E-state index contributed by atoms with van der Waals surface area (Å²) in [6.07, 6.45) is 15.9. The van der Waals surface area contributed by atoms with Crippen LogP contribution in [0.2, 0.25) is 0 Å². The third-order valence-electron chi connectivity index (χ3n) is 10.8. The van der Waals surface area contributed by atoms with E-state index in [-0.39, 0.29) is 58.4 Å². The Bertz CT molecular complexity index is 1300. The molecule has 0 radical (unpaired) electrons. The Kier molecular flexibility index (Phi) is 9.68. The number of halogens is 1. The maximum absolute atomic E-state index is 13.9. The molecule has 4 N–H and O–H groups in total. The van der Waals surface area contributed by atoms with Gasteiger partial charge < -0.3 is 26.0 Å². The molecular formula is C32H49FN8O3. The molecular weight excluding hydrogens is 563 g/mol. The van der Waals surface area contributed by atoms with Crippen LogP contribution in [0, 0.1) is 17.2 Å². The van der Waals surface area contributed by atoms with E-state index in [1.165, 1.54) is 55.7 Å². The van der Waals surface area contributed by atoms with E-state index in [0.29, 0.717) is 13.1 Å². The first-order valence-electron chi connectivity index (χ1n) is 16.7. The molecule has 5 heterocycles. The van der Waals surface area contributed by atoms with Gasteiger partial charge in [0.1, 0.15) is 5.56 Å². The Morgan fingerprint density at radius 2 is 1.77 bits per heavy atom. The number of methoxy groups -OCH3 is 1. The van der Waals surface area contributed by atoms with Crippen molar-refractivity contribution in [1.82, 2.24) is 35.0 Å². The summed E-state index contributed by atoms with van der Waals surface area (Å²) in [4.78, 5) is 36.0. The number of hydrogen-bond acceptors (Lipinski definition) is 8. The van der Waals surface area contributed by atoms with Gasteiger partial charge in [-0.05, 0) is 45.2 Å². The highest BCUT2D eigenvalue weighted by Crippen LogP contribution is 2.43. The van der Waals surface area contributed by atoms with Crippen LogP contribution >= 0.6 is 0 Å². The second-order valence-electron chi connectivity index (χ2n) is 13.5. The van der Waals surface area contributed by atoms with E-state index in [1.807, 2.05) is 4.90 Å². The molecule has 6 rings (SSSR count). The van der Waals surface area contributed by atoms with Crippen LogP contribution in [0.1, 0.15) is 87.4 Å². The largest absolute Gasteiger partial charge is 0.381 e. The van der Waals surface area contributed by atoms with Crippen LogP contribution in [0.15, 0.2) is 12.4 Å². The molecule has 1 saturated carbocycles. The van der Waals surface area contributed by atoms with Crippen molar-refractivity contribution < 1.29 is 18.7 Å². The zero-order valence-corrected chi connectivity index (χ0v) is 26.1. The van der Waals surface area contributed by atoms with Crippen molar-refractivity contribution in [2.75, 3.05) is 52.1 Å². The number of aromatic nitrogens is 3. The highest BCUT2D eigenvalue weighted by atomic mass is 19.1. The number of nitrogens with two attached hydrogens (primary N) is 1. The number of piperidine rings is 2. The first kappa shape index (κ1) is 31.2. The summed E-state index contributed by atoms with van der Waals surface area (Å²) in [5.74, 6) is -0.558. The minimum absolute atomic E-state index is 0.0129. The number of carbonyl (C=O) groups excluding carboxylic acids is 2. The van der Waals surface area contributed by atoms with Gasteiger partial charge >= 0.3 is 0 Å². The number of hydrogen-bond donors (Lipinski definition) is 3. The van der Waals surface area contributed by atoms with Crippen LogP contribution in [-0.2, 0) is 9.53 Å². The summed E-state index contributed by atoms with van der Waals surface area (Å²) in [5.41, 5.74) is 6.62. The van der Waals surface area contributed by atoms with Gasteiger partial charge in [-0.1, -0.05) is 44.9 Å². The van der Waals surface area contributed by atoms with E-state index in [9.17, 15) is 14.0 Å². The van der Waals surface area contributed by atoms with Gasteiger partial charge in [-0.25, -0.2) is 13.9 Å². The molecule has 4 aliphatic rings. The van der Waals surface area contributed by atoms with Crippen molar-refractivity contribution in [1.29, 1.82) is 0 Å². The van der Waals surface area contributed by atoms with Crippen LogP contribution in [-0.4, -0.2) is 101 Å². The van der Waals surface area contributed by atoms with Crippen molar-refractivity contribution in [3.8, 4) is 0 Å². The molecule has 3 aliphatic heterocycles. The Balaban J connectivity index is 1.24. The van der Waals surface area contributed by atoms with Crippen LogP contribution in [0.5, 0.6) is 0 Å². The van der Waals surface area contributed by atoms with E-state index in [4.69, 9.17) is 10.5 Å². The minimum Gasteiger partial charge on any atom is -0.381 e. The molecule has 2 amide bonds. The Labute approximate surface area is 259 Å². The van der Waals surface area contributed by atoms with Crippen molar-refractivity contribution in [3.63, 3.8) is 0 Å². The monoisotopic (exact) mass is 612 g/mol. The quantitative estimate of drug-likeness (QED) is 0.470. The highest BCUT2D eigenvalue weighted by Gasteiger charge is 2.49. The van der Waals surface area contributed by atoms with Crippen LogP contribution in [0.4, 0.5) is 10.2 Å². The van der Waals surface area contributed by atoms with Gasteiger partial charge in [0.15, 0.2) is 17.3 Å². The van der Waals surface area contributed by atoms with Crippen molar-refractivity contribution in [3.05, 3.63) is 23.8 Å². The molecule has 2 unspecified atom stereocenters. The lowest BCUT2D eigenvalue weighted by molar-refractivity contribution is -0.137. The number of carbonyl (C=O) groups is 2. The molecule has 44 heavy (non-hydrogen) atoms. The number of nitrogens with one attached hydrogen (secondary N) is 2. The average molecular weight is 613 g/mol.